The van der Waals surface area contributed by atoms with Gasteiger partial charge < -0.3 is 10.2 Å². The van der Waals surface area contributed by atoms with Crippen LogP contribution in [-0.4, -0.2) is 34.6 Å². The zero-order chi connectivity index (χ0) is 23.1. The fourth-order valence-electron chi connectivity index (χ4n) is 3.32. The predicted molar refractivity (Wildman–Crippen MR) is 117 cm³/mol. The van der Waals surface area contributed by atoms with Gasteiger partial charge in [0.2, 0.25) is 5.91 Å². The van der Waals surface area contributed by atoms with Crippen molar-refractivity contribution >= 4 is 46.6 Å². The summed E-state index contributed by atoms with van der Waals surface area (Å²) in [6, 6.07) is 5.61. The third-order valence-electron chi connectivity index (χ3n) is 5.17. The van der Waals surface area contributed by atoms with Gasteiger partial charge in [-0.15, -0.1) is 11.8 Å². The molecule has 4 rings (SSSR count). The zero-order valence-corrected chi connectivity index (χ0v) is 19.1. The molecule has 2 heterocycles. The highest BCUT2D eigenvalue weighted by Gasteiger charge is 2.62. The molecule has 1 amide bonds. The predicted octanol–water partition coefficient (Wildman–Crippen LogP) is 5.65. The summed E-state index contributed by atoms with van der Waals surface area (Å²) in [5.41, 5.74) is -1.83. The van der Waals surface area contributed by atoms with Crippen LogP contribution in [-0.2, 0) is 15.2 Å². The Morgan fingerprint density at radius 2 is 1.94 bits per heavy atom. The van der Waals surface area contributed by atoms with Crippen LogP contribution in [0, 0.1) is 6.92 Å². The second-order valence-corrected chi connectivity index (χ2v) is 9.64. The van der Waals surface area contributed by atoms with Gasteiger partial charge in [0.1, 0.15) is 5.71 Å². The fourth-order valence-corrected chi connectivity index (χ4v) is 4.63. The molecule has 1 aliphatic carbocycles. The van der Waals surface area contributed by atoms with E-state index in [0.717, 1.165) is 23.3 Å². The van der Waals surface area contributed by atoms with E-state index in [4.69, 9.17) is 28.0 Å². The van der Waals surface area contributed by atoms with Gasteiger partial charge in [0.25, 0.3) is 5.60 Å². The van der Waals surface area contributed by atoms with Crippen LogP contribution in [0.5, 0.6) is 0 Å². The van der Waals surface area contributed by atoms with E-state index in [0.29, 0.717) is 0 Å². The monoisotopic (exact) mass is 503 g/mol. The summed E-state index contributed by atoms with van der Waals surface area (Å²) in [5.74, 6) is 0.194. The van der Waals surface area contributed by atoms with Crippen molar-refractivity contribution in [2.45, 2.75) is 48.9 Å². The number of benzene rings is 1. The SMILES string of the molecule is Cc1cc(C2=NOC(c3cc(Cl)cc(Cl)c3)(C(F)(F)F)C2)ncc1SCC(=O)NC1CC1. The minimum absolute atomic E-state index is 0.0512. The van der Waals surface area contributed by atoms with Crippen LogP contribution in [0.4, 0.5) is 13.2 Å². The van der Waals surface area contributed by atoms with Crippen LogP contribution in [0.25, 0.3) is 0 Å². The maximum atomic E-state index is 14.1. The van der Waals surface area contributed by atoms with E-state index in [2.05, 4.69) is 15.5 Å². The van der Waals surface area contributed by atoms with Crippen molar-refractivity contribution in [3.05, 3.63) is 57.3 Å². The number of amides is 1. The largest absolute Gasteiger partial charge is 0.435 e. The molecule has 1 fully saturated rings. The number of rotatable bonds is 6. The second kappa shape index (κ2) is 8.76. The Balaban J connectivity index is 1.53. The molecule has 1 N–H and O–H groups in total. The highest BCUT2D eigenvalue weighted by Crippen LogP contribution is 2.49. The number of alkyl halides is 3. The van der Waals surface area contributed by atoms with E-state index in [1.807, 2.05) is 0 Å². The van der Waals surface area contributed by atoms with Gasteiger partial charge in [0.05, 0.1) is 17.9 Å². The van der Waals surface area contributed by atoms with Gasteiger partial charge in [-0.1, -0.05) is 28.4 Å². The summed E-state index contributed by atoms with van der Waals surface area (Å²) in [7, 11) is 0. The lowest BCUT2D eigenvalue weighted by atomic mass is 9.87. The number of pyridine rings is 1. The molecule has 1 unspecified atom stereocenters. The van der Waals surface area contributed by atoms with Crippen LogP contribution in [0.1, 0.15) is 36.1 Å². The molecular formula is C21H18Cl2F3N3O2S. The molecule has 0 bridgehead atoms. The topological polar surface area (TPSA) is 63.6 Å². The first kappa shape index (κ1) is 23.2. The van der Waals surface area contributed by atoms with E-state index >= 15 is 0 Å². The van der Waals surface area contributed by atoms with Gasteiger partial charge in [0, 0.05) is 32.7 Å². The van der Waals surface area contributed by atoms with Crippen LogP contribution < -0.4 is 5.32 Å². The minimum atomic E-state index is -4.77. The number of nitrogens with one attached hydrogen (secondary N) is 1. The molecule has 2 aromatic rings. The van der Waals surface area contributed by atoms with E-state index in [1.54, 1.807) is 13.0 Å². The molecule has 2 aliphatic rings. The van der Waals surface area contributed by atoms with E-state index < -0.39 is 18.2 Å². The number of hydrogen-bond acceptors (Lipinski definition) is 5. The van der Waals surface area contributed by atoms with Crippen LogP contribution in [0.15, 0.2) is 40.5 Å². The van der Waals surface area contributed by atoms with Gasteiger partial charge in [-0.25, -0.2) is 0 Å². The van der Waals surface area contributed by atoms with Crippen LogP contribution >= 0.6 is 35.0 Å². The summed E-state index contributed by atoms with van der Waals surface area (Å²) in [6.45, 7) is 1.80. The summed E-state index contributed by atoms with van der Waals surface area (Å²) < 4.78 is 42.4. The normalized spacial score (nSPS) is 20.6. The molecule has 0 spiro atoms. The maximum Gasteiger partial charge on any atom is 0.435 e. The Morgan fingerprint density at radius 3 is 2.53 bits per heavy atom. The number of carbonyl (C=O) groups is 1. The first-order valence-corrected chi connectivity index (χ1v) is 11.5. The highest BCUT2D eigenvalue weighted by molar-refractivity contribution is 8.00. The lowest BCUT2D eigenvalue weighted by Crippen LogP contribution is -2.42. The zero-order valence-electron chi connectivity index (χ0n) is 16.8. The second-order valence-electron chi connectivity index (χ2n) is 7.75. The van der Waals surface area contributed by atoms with Gasteiger partial charge in [-0.3, -0.25) is 9.78 Å². The third-order valence-corrected chi connectivity index (χ3v) is 6.76. The molecule has 11 heteroatoms. The van der Waals surface area contributed by atoms with Crippen LogP contribution in [0.3, 0.4) is 0 Å². The van der Waals surface area contributed by atoms with Crippen molar-refractivity contribution in [1.82, 2.24) is 10.3 Å². The smallest absolute Gasteiger partial charge is 0.374 e. The lowest BCUT2D eigenvalue weighted by molar-refractivity contribution is -0.275. The van der Waals surface area contributed by atoms with E-state index in [9.17, 15) is 18.0 Å². The molecule has 1 aromatic heterocycles. The van der Waals surface area contributed by atoms with Crippen molar-refractivity contribution in [1.29, 1.82) is 0 Å². The number of aryl methyl sites for hydroxylation is 1. The Morgan fingerprint density at radius 1 is 1.25 bits per heavy atom. The molecule has 5 nitrogen and oxygen atoms in total. The first-order chi connectivity index (χ1) is 15.1. The molecule has 1 saturated carbocycles. The number of oxime groups is 1. The Bertz CT molecular complexity index is 1070. The molecule has 0 saturated heterocycles. The molecule has 1 aromatic carbocycles. The average Bonchev–Trinajstić information content (AvgIpc) is 3.38. The van der Waals surface area contributed by atoms with Gasteiger partial charge in [0.15, 0.2) is 0 Å². The standard InChI is InChI=1S/C21H18Cl2F3N3O2S/c1-11-4-16(27-9-18(11)32-10-19(30)28-15-2-3-15)17-8-20(31-29-17,21(24,25)26)12-5-13(22)7-14(23)6-12/h4-7,9,15H,2-3,8,10H2,1H3,(H,28,30). The van der Waals surface area contributed by atoms with Gasteiger partial charge in [-0.2, -0.15) is 13.2 Å². The van der Waals surface area contributed by atoms with Crippen molar-refractivity contribution < 1.29 is 22.8 Å². The quantitative estimate of drug-likeness (QED) is 0.517. The number of hydrogen-bond donors (Lipinski definition) is 1. The van der Waals surface area contributed by atoms with Crippen molar-refractivity contribution in [2.75, 3.05) is 5.75 Å². The fraction of sp³-hybridized carbons (Fsp3) is 0.381. The summed E-state index contributed by atoms with van der Waals surface area (Å²) >= 11 is 13.2. The number of aromatic nitrogens is 1. The van der Waals surface area contributed by atoms with Crippen molar-refractivity contribution in [3.63, 3.8) is 0 Å². The summed E-state index contributed by atoms with van der Waals surface area (Å²) in [6.07, 6.45) is -1.79. The molecule has 0 radical (unpaired) electrons. The van der Waals surface area contributed by atoms with Crippen molar-refractivity contribution in [3.8, 4) is 0 Å². The third kappa shape index (κ3) is 4.84. The summed E-state index contributed by atoms with van der Waals surface area (Å²) in [4.78, 5) is 21.9. The Kier molecular flexibility index (Phi) is 6.35. The summed E-state index contributed by atoms with van der Waals surface area (Å²) in [5, 5.41) is 6.76. The lowest BCUT2D eigenvalue weighted by Gasteiger charge is -2.29. The van der Waals surface area contributed by atoms with E-state index in [1.165, 1.54) is 36.2 Å². The Labute approximate surface area is 196 Å². The van der Waals surface area contributed by atoms with Crippen LogP contribution in [0.2, 0.25) is 10.0 Å². The van der Waals surface area contributed by atoms with Gasteiger partial charge in [-0.05, 0) is 49.6 Å². The first-order valence-electron chi connectivity index (χ1n) is 9.75. The number of carbonyl (C=O) groups excluding carboxylic acids is 1. The Hall–Kier alpha value is -1.97. The molecule has 170 valence electrons. The molecule has 1 atom stereocenters. The molecule has 32 heavy (non-hydrogen) atoms. The highest BCUT2D eigenvalue weighted by atomic mass is 35.5. The minimum Gasteiger partial charge on any atom is -0.374 e. The number of nitrogens with zero attached hydrogens (tertiary/aromatic N) is 2. The number of thioether (sulfide) groups is 1. The van der Waals surface area contributed by atoms with Gasteiger partial charge >= 0.3 is 6.18 Å². The maximum absolute atomic E-state index is 14.1. The number of halogens is 5. The molecule has 1 aliphatic heterocycles. The molecular weight excluding hydrogens is 486 g/mol. The van der Waals surface area contributed by atoms with E-state index in [-0.39, 0.29) is 44.7 Å². The average molecular weight is 504 g/mol. The van der Waals surface area contributed by atoms with Crippen molar-refractivity contribution in [2.24, 2.45) is 5.16 Å².